The van der Waals surface area contributed by atoms with Gasteiger partial charge in [0.25, 0.3) is 0 Å². The van der Waals surface area contributed by atoms with Gasteiger partial charge in [-0.25, -0.2) is 0 Å². The molecule has 2 aliphatic heterocycles. The number of nitrogens with zero attached hydrogens (tertiary/aromatic N) is 3. The molecule has 2 aromatic heterocycles. The Hall–Kier alpha value is -2.25. The molecule has 4 heterocycles. The number of ether oxygens (including phenoxy) is 1. The first-order valence-electron chi connectivity index (χ1n) is 9.06. The highest BCUT2D eigenvalue weighted by molar-refractivity contribution is 5.79. The number of carbonyl (C=O) groups excluding carboxylic acids is 1. The standard InChI is InChI=1S/C19H24N4O3/c1-12-17(13(2)26-22-12)10-23-9-15-6-16(18(11-23)25-15)19(24)21-8-14-4-3-5-20-7-14/h3-5,7,15-16,18H,6,8-11H2,1-2H3,(H,21,24). The maximum atomic E-state index is 12.6. The number of hydrogen-bond donors (Lipinski definition) is 1. The Labute approximate surface area is 152 Å². The molecule has 1 N–H and O–H groups in total. The van der Waals surface area contributed by atoms with Gasteiger partial charge < -0.3 is 14.6 Å². The highest BCUT2D eigenvalue weighted by Crippen LogP contribution is 2.33. The number of rotatable bonds is 5. The molecule has 2 bridgehead atoms. The lowest BCUT2D eigenvalue weighted by molar-refractivity contribution is -0.128. The molecule has 2 fully saturated rings. The monoisotopic (exact) mass is 356 g/mol. The van der Waals surface area contributed by atoms with E-state index in [1.54, 1.807) is 12.4 Å². The first-order valence-corrected chi connectivity index (χ1v) is 9.06. The predicted octanol–water partition coefficient (Wildman–Crippen LogP) is 1.59. The van der Waals surface area contributed by atoms with Gasteiger partial charge in [-0.2, -0.15) is 0 Å². The Morgan fingerprint density at radius 1 is 1.38 bits per heavy atom. The van der Waals surface area contributed by atoms with E-state index < -0.39 is 0 Å². The largest absolute Gasteiger partial charge is 0.371 e. The van der Waals surface area contributed by atoms with Crippen LogP contribution in [0.3, 0.4) is 0 Å². The van der Waals surface area contributed by atoms with Gasteiger partial charge in [-0.1, -0.05) is 11.2 Å². The van der Waals surface area contributed by atoms with Crippen LogP contribution in [0.5, 0.6) is 0 Å². The highest BCUT2D eigenvalue weighted by atomic mass is 16.5. The molecule has 2 aromatic rings. The van der Waals surface area contributed by atoms with Gasteiger partial charge in [0.1, 0.15) is 5.76 Å². The number of amides is 1. The van der Waals surface area contributed by atoms with Crippen LogP contribution in [-0.2, 0) is 22.6 Å². The molecule has 2 aliphatic rings. The van der Waals surface area contributed by atoms with Crippen LogP contribution in [0.1, 0.15) is 29.0 Å². The van der Waals surface area contributed by atoms with Crippen LogP contribution < -0.4 is 5.32 Å². The molecule has 0 aromatic carbocycles. The maximum absolute atomic E-state index is 12.6. The fourth-order valence-corrected chi connectivity index (χ4v) is 3.92. The van der Waals surface area contributed by atoms with Gasteiger partial charge in [0.2, 0.25) is 5.91 Å². The minimum atomic E-state index is -0.0914. The lowest BCUT2D eigenvalue weighted by Crippen LogP contribution is -2.45. The zero-order valence-corrected chi connectivity index (χ0v) is 15.1. The molecule has 4 rings (SSSR count). The van der Waals surface area contributed by atoms with Gasteiger partial charge in [0.15, 0.2) is 0 Å². The van der Waals surface area contributed by atoms with E-state index in [9.17, 15) is 4.79 Å². The third-order valence-corrected chi connectivity index (χ3v) is 5.32. The number of pyridine rings is 1. The zero-order valence-electron chi connectivity index (χ0n) is 15.1. The van der Waals surface area contributed by atoms with Gasteiger partial charge in [0.05, 0.1) is 23.8 Å². The van der Waals surface area contributed by atoms with Crippen molar-refractivity contribution in [1.29, 1.82) is 0 Å². The molecule has 26 heavy (non-hydrogen) atoms. The number of aromatic nitrogens is 2. The van der Waals surface area contributed by atoms with Crippen LogP contribution in [0.4, 0.5) is 0 Å². The van der Waals surface area contributed by atoms with E-state index in [2.05, 4.69) is 20.4 Å². The fourth-order valence-electron chi connectivity index (χ4n) is 3.92. The summed E-state index contributed by atoms with van der Waals surface area (Å²) in [6.45, 7) is 6.80. The van der Waals surface area contributed by atoms with Crippen LogP contribution in [0.15, 0.2) is 29.0 Å². The molecule has 0 aliphatic carbocycles. The van der Waals surface area contributed by atoms with Gasteiger partial charge in [-0.3, -0.25) is 14.7 Å². The molecule has 0 saturated carbocycles. The predicted molar refractivity (Wildman–Crippen MR) is 94.1 cm³/mol. The molecule has 0 radical (unpaired) electrons. The third-order valence-electron chi connectivity index (χ3n) is 5.32. The number of morpholine rings is 1. The summed E-state index contributed by atoms with van der Waals surface area (Å²) in [6.07, 6.45) is 4.34. The molecule has 0 spiro atoms. The summed E-state index contributed by atoms with van der Waals surface area (Å²) in [4.78, 5) is 19.1. The maximum Gasteiger partial charge on any atom is 0.226 e. The molecular weight excluding hydrogens is 332 g/mol. The SMILES string of the molecule is Cc1noc(C)c1CN1CC2CC(C(=O)NCc3cccnc3)C(C1)O2. The summed E-state index contributed by atoms with van der Waals surface area (Å²) in [6, 6.07) is 3.84. The van der Waals surface area contributed by atoms with Crippen molar-refractivity contribution in [3.8, 4) is 0 Å². The van der Waals surface area contributed by atoms with Crippen LogP contribution in [-0.4, -0.2) is 46.2 Å². The Bertz CT molecular complexity index is 757. The smallest absolute Gasteiger partial charge is 0.226 e. The number of nitrogens with one attached hydrogen (secondary N) is 1. The molecule has 3 unspecified atom stereocenters. The normalized spacial score (nSPS) is 25.4. The lowest BCUT2D eigenvalue weighted by atomic mass is 9.99. The van der Waals surface area contributed by atoms with Crippen molar-refractivity contribution < 1.29 is 14.1 Å². The number of aryl methyl sites for hydroxylation is 2. The number of hydrogen-bond acceptors (Lipinski definition) is 6. The number of fused-ring (bicyclic) bond motifs is 2. The van der Waals surface area contributed by atoms with Crippen molar-refractivity contribution in [1.82, 2.24) is 20.4 Å². The van der Waals surface area contributed by atoms with Crippen LogP contribution in [0, 0.1) is 19.8 Å². The molecule has 138 valence electrons. The Kier molecular flexibility index (Phi) is 4.74. The third kappa shape index (κ3) is 3.50. The summed E-state index contributed by atoms with van der Waals surface area (Å²) in [7, 11) is 0. The number of carbonyl (C=O) groups is 1. The van der Waals surface area contributed by atoms with Crippen molar-refractivity contribution in [2.24, 2.45) is 5.92 Å². The van der Waals surface area contributed by atoms with Crippen molar-refractivity contribution in [2.75, 3.05) is 13.1 Å². The first kappa shape index (κ1) is 17.2. The Morgan fingerprint density at radius 3 is 3.00 bits per heavy atom. The summed E-state index contributed by atoms with van der Waals surface area (Å²) in [5.74, 6) is 0.846. The van der Waals surface area contributed by atoms with E-state index in [1.807, 2.05) is 26.0 Å². The topological polar surface area (TPSA) is 80.5 Å². The van der Waals surface area contributed by atoms with Crippen molar-refractivity contribution in [3.63, 3.8) is 0 Å². The summed E-state index contributed by atoms with van der Waals surface area (Å²) in [5.41, 5.74) is 3.08. The summed E-state index contributed by atoms with van der Waals surface area (Å²) in [5, 5.41) is 7.06. The van der Waals surface area contributed by atoms with E-state index >= 15 is 0 Å². The first-order chi connectivity index (χ1) is 12.6. The lowest BCUT2D eigenvalue weighted by Gasteiger charge is -2.32. The molecule has 7 nitrogen and oxygen atoms in total. The second kappa shape index (κ2) is 7.17. The van der Waals surface area contributed by atoms with Gasteiger partial charge in [0, 0.05) is 44.1 Å². The van der Waals surface area contributed by atoms with E-state index in [0.29, 0.717) is 6.54 Å². The van der Waals surface area contributed by atoms with Crippen molar-refractivity contribution in [2.45, 2.75) is 45.6 Å². The summed E-state index contributed by atoms with van der Waals surface area (Å²) < 4.78 is 11.3. The fraction of sp³-hybridized carbons (Fsp3) is 0.526. The highest BCUT2D eigenvalue weighted by Gasteiger charge is 2.44. The molecular formula is C19H24N4O3. The molecule has 7 heteroatoms. The Morgan fingerprint density at radius 2 is 2.27 bits per heavy atom. The van der Waals surface area contributed by atoms with Crippen LogP contribution in [0.25, 0.3) is 0 Å². The minimum absolute atomic E-state index is 0.0527. The second-order valence-electron chi connectivity index (χ2n) is 7.21. The zero-order chi connectivity index (χ0) is 18.1. The molecule has 1 amide bonds. The average molecular weight is 356 g/mol. The van der Waals surface area contributed by atoms with Gasteiger partial charge >= 0.3 is 0 Å². The van der Waals surface area contributed by atoms with E-state index in [0.717, 1.165) is 48.6 Å². The van der Waals surface area contributed by atoms with E-state index in [4.69, 9.17) is 9.26 Å². The molecule has 3 atom stereocenters. The van der Waals surface area contributed by atoms with Crippen molar-refractivity contribution >= 4 is 5.91 Å². The van der Waals surface area contributed by atoms with Crippen LogP contribution >= 0.6 is 0 Å². The Balaban J connectivity index is 1.35. The van der Waals surface area contributed by atoms with E-state index in [-0.39, 0.29) is 24.0 Å². The quantitative estimate of drug-likeness (QED) is 0.876. The van der Waals surface area contributed by atoms with E-state index in [1.165, 1.54) is 0 Å². The second-order valence-corrected chi connectivity index (χ2v) is 7.21. The minimum Gasteiger partial charge on any atom is -0.371 e. The summed E-state index contributed by atoms with van der Waals surface area (Å²) >= 11 is 0. The van der Waals surface area contributed by atoms with Crippen LogP contribution in [0.2, 0.25) is 0 Å². The molecule has 2 saturated heterocycles. The van der Waals surface area contributed by atoms with Gasteiger partial charge in [-0.05, 0) is 31.9 Å². The van der Waals surface area contributed by atoms with Crippen molar-refractivity contribution in [3.05, 3.63) is 47.1 Å². The van der Waals surface area contributed by atoms with Gasteiger partial charge in [-0.15, -0.1) is 0 Å². The number of likely N-dealkylation sites (tertiary alicyclic amines) is 1. The average Bonchev–Trinajstić information content (AvgIpc) is 3.13.